The van der Waals surface area contributed by atoms with Crippen LogP contribution in [0.3, 0.4) is 0 Å². The fraction of sp³-hybridized carbons (Fsp3) is 0.182. The van der Waals surface area contributed by atoms with Gasteiger partial charge in [0.15, 0.2) is 0 Å². The SMILES string of the molecule is COc1ccc(C)c2c(Cl)c(N)cnc12. The normalized spacial score (nSPS) is 10.6. The monoisotopic (exact) mass is 222 g/mol. The number of pyridine rings is 1. The summed E-state index contributed by atoms with van der Waals surface area (Å²) >= 11 is 6.14. The highest BCUT2D eigenvalue weighted by Gasteiger charge is 2.10. The van der Waals surface area contributed by atoms with E-state index < -0.39 is 0 Å². The first-order valence-electron chi connectivity index (χ1n) is 4.52. The van der Waals surface area contributed by atoms with E-state index in [2.05, 4.69) is 4.98 Å². The third-order valence-electron chi connectivity index (χ3n) is 2.37. The van der Waals surface area contributed by atoms with E-state index in [0.29, 0.717) is 16.5 Å². The van der Waals surface area contributed by atoms with E-state index in [1.54, 1.807) is 13.3 Å². The third-order valence-corrected chi connectivity index (χ3v) is 2.78. The van der Waals surface area contributed by atoms with E-state index in [4.69, 9.17) is 22.1 Å². The van der Waals surface area contributed by atoms with Crippen LogP contribution in [-0.2, 0) is 0 Å². The average Bonchev–Trinajstić information content (AvgIpc) is 2.24. The number of ether oxygens (including phenoxy) is 1. The van der Waals surface area contributed by atoms with Gasteiger partial charge in [0.25, 0.3) is 0 Å². The van der Waals surface area contributed by atoms with Gasteiger partial charge in [-0.25, -0.2) is 0 Å². The molecule has 4 heteroatoms. The minimum absolute atomic E-state index is 0.487. The number of nitrogens with zero attached hydrogens (tertiary/aromatic N) is 1. The molecule has 0 spiro atoms. The molecule has 0 saturated heterocycles. The predicted octanol–water partition coefficient (Wildman–Crippen LogP) is 2.79. The van der Waals surface area contributed by atoms with E-state index in [1.165, 1.54) is 0 Å². The molecule has 1 heterocycles. The van der Waals surface area contributed by atoms with Gasteiger partial charge in [-0.3, -0.25) is 4.98 Å². The number of hydrogen-bond acceptors (Lipinski definition) is 3. The smallest absolute Gasteiger partial charge is 0.145 e. The molecule has 1 aromatic heterocycles. The summed E-state index contributed by atoms with van der Waals surface area (Å²) in [6.07, 6.45) is 1.55. The van der Waals surface area contributed by atoms with E-state index in [9.17, 15) is 0 Å². The summed E-state index contributed by atoms with van der Waals surface area (Å²) in [6.45, 7) is 1.97. The number of nitrogen functional groups attached to an aromatic ring is 1. The Hall–Kier alpha value is -1.48. The number of nitrogens with two attached hydrogens (primary N) is 1. The summed E-state index contributed by atoms with van der Waals surface area (Å²) in [5.41, 5.74) is 7.98. The summed E-state index contributed by atoms with van der Waals surface area (Å²) in [7, 11) is 1.61. The lowest BCUT2D eigenvalue weighted by Gasteiger charge is -2.09. The minimum Gasteiger partial charge on any atom is -0.494 e. The number of fused-ring (bicyclic) bond motifs is 1. The highest BCUT2D eigenvalue weighted by atomic mass is 35.5. The molecule has 1 aromatic carbocycles. The van der Waals surface area contributed by atoms with Gasteiger partial charge in [-0.1, -0.05) is 17.7 Å². The number of hydrogen-bond donors (Lipinski definition) is 1. The van der Waals surface area contributed by atoms with E-state index in [-0.39, 0.29) is 0 Å². The van der Waals surface area contributed by atoms with Crippen molar-refractivity contribution in [3.63, 3.8) is 0 Å². The Morgan fingerprint density at radius 3 is 2.80 bits per heavy atom. The zero-order chi connectivity index (χ0) is 11.0. The number of halogens is 1. The van der Waals surface area contributed by atoms with Crippen LogP contribution in [-0.4, -0.2) is 12.1 Å². The summed E-state index contributed by atoms with van der Waals surface area (Å²) < 4.78 is 5.22. The lowest BCUT2D eigenvalue weighted by molar-refractivity contribution is 0.419. The van der Waals surface area contributed by atoms with Crippen molar-refractivity contribution in [1.82, 2.24) is 4.98 Å². The van der Waals surface area contributed by atoms with Crippen LogP contribution >= 0.6 is 11.6 Å². The highest BCUT2D eigenvalue weighted by Crippen LogP contribution is 2.34. The van der Waals surface area contributed by atoms with Crippen LogP contribution in [0.1, 0.15) is 5.56 Å². The molecule has 0 aliphatic rings. The Morgan fingerprint density at radius 1 is 1.40 bits per heavy atom. The first-order chi connectivity index (χ1) is 7.15. The van der Waals surface area contributed by atoms with Crippen molar-refractivity contribution in [3.05, 3.63) is 28.9 Å². The number of anilines is 1. The topological polar surface area (TPSA) is 48.1 Å². The molecule has 0 fully saturated rings. The molecule has 2 aromatic rings. The molecule has 0 aliphatic carbocycles. The number of aryl methyl sites for hydroxylation is 1. The molecular formula is C11H11ClN2O. The largest absolute Gasteiger partial charge is 0.494 e. The van der Waals surface area contributed by atoms with Crippen molar-refractivity contribution in [2.24, 2.45) is 0 Å². The van der Waals surface area contributed by atoms with Crippen LogP contribution in [0.2, 0.25) is 5.02 Å². The van der Waals surface area contributed by atoms with Crippen LogP contribution in [0.25, 0.3) is 10.9 Å². The molecule has 2 N–H and O–H groups in total. The quantitative estimate of drug-likeness (QED) is 0.807. The Labute approximate surface area is 92.8 Å². The summed E-state index contributed by atoms with van der Waals surface area (Å²) in [5, 5.41) is 1.40. The standard InChI is InChI=1S/C11H11ClN2O/c1-6-3-4-8(15-2)11-9(6)10(12)7(13)5-14-11/h3-5H,13H2,1-2H3. The molecule has 0 amide bonds. The molecule has 0 aliphatic heterocycles. The second kappa shape index (κ2) is 3.59. The Kier molecular flexibility index (Phi) is 2.40. The Morgan fingerprint density at radius 2 is 2.13 bits per heavy atom. The second-order valence-corrected chi connectivity index (χ2v) is 3.71. The maximum atomic E-state index is 6.14. The molecule has 78 valence electrons. The zero-order valence-electron chi connectivity index (χ0n) is 8.54. The van der Waals surface area contributed by atoms with Crippen molar-refractivity contribution in [1.29, 1.82) is 0 Å². The zero-order valence-corrected chi connectivity index (χ0v) is 9.30. The number of benzene rings is 1. The van der Waals surface area contributed by atoms with Crippen LogP contribution in [0, 0.1) is 6.92 Å². The Bertz CT molecular complexity index is 525. The molecule has 0 atom stereocenters. The maximum absolute atomic E-state index is 6.14. The molecule has 3 nitrogen and oxygen atoms in total. The fourth-order valence-electron chi connectivity index (χ4n) is 1.58. The van der Waals surface area contributed by atoms with E-state index >= 15 is 0 Å². The van der Waals surface area contributed by atoms with Crippen molar-refractivity contribution in [2.75, 3.05) is 12.8 Å². The summed E-state index contributed by atoms with van der Waals surface area (Å²) in [5.74, 6) is 0.706. The molecule has 15 heavy (non-hydrogen) atoms. The van der Waals surface area contributed by atoms with Crippen molar-refractivity contribution >= 4 is 28.2 Å². The van der Waals surface area contributed by atoms with Crippen LogP contribution in [0.4, 0.5) is 5.69 Å². The molecule has 0 radical (unpaired) electrons. The predicted molar refractivity (Wildman–Crippen MR) is 62.5 cm³/mol. The number of aromatic nitrogens is 1. The van der Waals surface area contributed by atoms with Gasteiger partial charge in [-0.05, 0) is 18.6 Å². The van der Waals surface area contributed by atoms with Gasteiger partial charge in [0, 0.05) is 5.39 Å². The fourth-order valence-corrected chi connectivity index (χ4v) is 1.87. The summed E-state index contributed by atoms with van der Waals surface area (Å²) in [4.78, 5) is 4.24. The lowest BCUT2D eigenvalue weighted by Crippen LogP contribution is -1.94. The number of methoxy groups -OCH3 is 1. The maximum Gasteiger partial charge on any atom is 0.145 e. The number of rotatable bonds is 1. The van der Waals surface area contributed by atoms with Crippen LogP contribution in [0.15, 0.2) is 18.3 Å². The van der Waals surface area contributed by atoms with Crippen molar-refractivity contribution < 1.29 is 4.74 Å². The first-order valence-corrected chi connectivity index (χ1v) is 4.90. The van der Waals surface area contributed by atoms with Gasteiger partial charge < -0.3 is 10.5 Å². The van der Waals surface area contributed by atoms with Gasteiger partial charge in [0.1, 0.15) is 11.3 Å². The van der Waals surface area contributed by atoms with Gasteiger partial charge >= 0.3 is 0 Å². The molecule has 2 rings (SSSR count). The van der Waals surface area contributed by atoms with Gasteiger partial charge in [-0.2, -0.15) is 0 Å². The van der Waals surface area contributed by atoms with Crippen molar-refractivity contribution in [3.8, 4) is 5.75 Å². The van der Waals surface area contributed by atoms with Crippen LogP contribution in [0.5, 0.6) is 5.75 Å². The van der Waals surface area contributed by atoms with Crippen molar-refractivity contribution in [2.45, 2.75) is 6.92 Å². The summed E-state index contributed by atoms with van der Waals surface area (Å²) in [6, 6.07) is 3.81. The molecule has 0 unspecified atom stereocenters. The van der Waals surface area contributed by atoms with Gasteiger partial charge in [-0.15, -0.1) is 0 Å². The molecular weight excluding hydrogens is 212 g/mol. The van der Waals surface area contributed by atoms with Gasteiger partial charge in [0.05, 0.1) is 24.0 Å². The minimum atomic E-state index is 0.487. The Balaban J connectivity index is 2.93. The highest BCUT2D eigenvalue weighted by molar-refractivity contribution is 6.38. The first kappa shape index (κ1) is 10.1. The second-order valence-electron chi connectivity index (χ2n) is 3.34. The molecule has 0 bridgehead atoms. The third kappa shape index (κ3) is 1.49. The van der Waals surface area contributed by atoms with Gasteiger partial charge in [0.2, 0.25) is 0 Å². The average molecular weight is 223 g/mol. The lowest BCUT2D eigenvalue weighted by atomic mass is 10.1. The van der Waals surface area contributed by atoms with E-state index in [0.717, 1.165) is 16.5 Å². The molecule has 0 saturated carbocycles. The van der Waals surface area contributed by atoms with E-state index in [1.807, 2.05) is 19.1 Å². The van der Waals surface area contributed by atoms with Crippen LogP contribution < -0.4 is 10.5 Å².